The lowest BCUT2D eigenvalue weighted by Gasteiger charge is -2.33. The predicted octanol–water partition coefficient (Wildman–Crippen LogP) is 4.89. The number of carbonyl (C=O) groups is 1. The van der Waals surface area contributed by atoms with Gasteiger partial charge in [-0.1, -0.05) is 36.4 Å². The third-order valence-electron chi connectivity index (χ3n) is 5.57. The molecular weight excluding hydrogens is 493 g/mol. The van der Waals surface area contributed by atoms with Crippen molar-refractivity contribution in [2.24, 2.45) is 0 Å². The van der Waals surface area contributed by atoms with E-state index in [1.165, 1.54) is 5.56 Å². The van der Waals surface area contributed by atoms with Gasteiger partial charge in [-0.15, -0.1) is 0 Å². The molecule has 1 aliphatic heterocycles. The summed E-state index contributed by atoms with van der Waals surface area (Å²) in [6.07, 6.45) is 0.730. The molecule has 6 heteroatoms. The molecule has 4 rings (SSSR count). The fourth-order valence-corrected chi connectivity index (χ4v) is 5.06. The second kappa shape index (κ2) is 8.81. The topological polar surface area (TPSA) is 56.8 Å². The fourth-order valence-electron chi connectivity index (χ4n) is 4.17. The van der Waals surface area contributed by atoms with E-state index < -0.39 is 0 Å². The van der Waals surface area contributed by atoms with E-state index in [1.807, 2.05) is 48.5 Å². The van der Waals surface area contributed by atoms with Crippen LogP contribution in [0.1, 0.15) is 34.5 Å². The van der Waals surface area contributed by atoms with Gasteiger partial charge in [-0.25, -0.2) is 4.79 Å². The summed E-state index contributed by atoms with van der Waals surface area (Å²) in [4.78, 5) is 12.8. The smallest absolute Gasteiger partial charge is 0.338 e. The van der Waals surface area contributed by atoms with Crippen molar-refractivity contribution in [3.63, 3.8) is 0 Å². The second-order valence-corrected chi connectivity index (χ2v) is 8.48. The maximum Gasteiger partial charge on any atom is 0.338 e. The van der Waals surface area contributed by atoms with E-state index in [0.717, 1.165) is 37.8 Å². The third-order valence-corrected chi connectivity index (χ3v) is 6.75. The standard InChI is InChI=1S/C24H24INO4/c1-14-22-19(23(25)21(29-3)12-20(22)28-2)11-16(26-14)13-30-24(27)18-10-6-8-15-7-4-5-9-17(15)18/h4-10,12,14,16,26H,11,13H2,1-3H3/t14-,16+/m1/s1. The Balaban J connectivity index is 1.54. The molecule has 2 atom stereocenters. The van der Waals surface area contributed by atoms with Crippen LogP contribution in [0, 0.1) is 3.57 Å². The first-order valence-corrected chi connectivity index (χ1v) is 11.0. The molecule has 0 unspecified atom stereocenters. The summed E-state index contributed by atoms with van der Waals surface area (Å²) >= 11 is 2.32. The molecule has 3 aromatic carbocycles. The number of esters is 1. The molecule has 0 bridgehead atoms. The van der Waals surface area contributed by atoms with E-state index >= 15 is 0 Å². The van der Waals surface area contributed by atoms with Gasteiger partial charge in [0.2, 0.25) is 0 Å². The summed E-state index contributed by atoms with van der Waals surface area (Å²) in [6.45, 7) is 2.39. The van der Waals surface area contributed by atoms with Crippen LogP contribution in [0.15, 0.2) is 48.5 Å². The lowest BCUT2D eigenvalue weighted by atomic mass is 9.90. The molecule has 1 heterocycles. The van der Waals surface area contributed by atoms with E-state index in [-0.39, 0.29) is 18.1 Å². The van der Waals surface area contributed by atoms with Crippen molar-refractivity contribution in [3.05, 3.63) is 68.8 Å². The highest BCUT2D eigenvalue weighted by Crippen LogP contribution is 2.41. The van der Waals surface area contributed by atoms with Crippen LogP contribution in [0.3, 0.4) is 0 Å². The number of rotatable bonds is 5. The van der Waals surface area contributed by atoms with Gasteiger partial charge in [-0.05, 0) is 58.3 Å². The van der Waals surface area contributed by atoms with Crippen molar-refractivity contribution in [3.8, 4) is 11.5 Å². The largest absolute Gasteiger partial charge is 0.496 e. The second-order valence-electron chi connectivity index (χ2n) is 7.40. The molecule has 0 aliphatic carbocycles. The number of methoxy groups -OCH3 is 2. The Morgan fingerprint density at radius 2 is 1.83 bits per heavy atom. The maximum atomic E-state index is 12.8. The quantitative estimate of drug-likeness (QED) is 0.386. The lowest BCUT2D eigenvalue weighted by Crippen LogP contribution is -2.42. The predicted molar refractivity (Wildman–Crippen MR) is 126 cm³/mol. The van der Waals surface area contributed by atoms with Crippen LogP contribution in [0.25, 0.3) is 10.8 Å². The number of ether oxygens (including phenoxy) is 3. The molecule has 0 spiro atoms. The summed E-state index contributed by atoms with van der Waals surface area (Å²) in [5, 5.41) is 5.49. The van der Waals surface area contributed by atoms with Crippen LogP contribution < -0.4 is 14.8 Å². The Kier molecular flexibility index (Phi) is 6.15. The first kappa shape index (κ1) is 20.9. The van der Waals surface area contributed by atoms with Gasteiger partial charge in [0.1, 0.15) is 18.1 Å². The minimum Gasteiger partial charge on any atom is -0.496 e. The van der Waals surface area contributed by atoms with E-state index in [1.54, 1.807) is 14.2 Å². The zero-order valence-corrected chi connectivity index (χ0v) is 19.4. The number of carbonyl (C=O) groups excluding carboxylic acids is 1. The van der Waals surface area contributed by atoms with Crippen LogP contribution in [-0.2, 0) is 11.2 Å². The van der Waals surface area contributed by atoms with Gasteiger partial charge in [0, 0.05) is 23.7 Å². The Hall–Kier alpha value is -2.32. The van der Waals surface area contributed by atoms with Gasteiger partial charge in [-0.3, -0.25) is 0 Å². The van der Waals surface area contributed by atoms with E-state index in [9.17, 15) is 4.79 Å². The number of halogens is 1. The highest BCUT2D eigenvalue weighted by molar-refractivity contribution is 14.1. The first-order valence-electron chi connectivity index (χ1n) is 9.87. The van der Waals surface area contributed by atoms with Crippen molar-refractivity contribution in [2.45, 2.75) is 25.4 Å². The number of fused-ring (bicyclic) bond motifs is 2. The molecule has 1 N–H and O–H groups in total. The van der Waals surface area contributed by atoms with Crippen molar-refractivity contribution in [2.75, 3.05) is 20.8 Å². The molecule has 0 radical (unpaired) electrons. The number of nitrogens with one attached hydrogen (secondary N) is 1. The average Bonchev–Trinajstić information content (AvgIpc) is 2.77. The van der Waals surface area contributed by atoms with Crippen LogP contribution in [0.4, 0.5) is 0 Å². The molecule has 1 aliphatic rings. The van der Waals surface area contributed by atoms with Crippen LogP contribution in [-0.4, -0.2) is 32.8 Å². The minimum atomic E-state index is -0.301. The summed E-state index contributed by atoms with van der Waals surface area (Å²) < 4.78 is 17.9. The Bertz CT molecular complexity index is 1090. The fraction of sp³-hybridized carbons (Fsp3) is 0.292. The van der Waals surface area contributed by atoms with Crippen molar-refractivity contribution >= 4 is 39.3 Å². The van der Waals surface area contributed by atoms with Crippen molar-refractivity contribution in [1.82, 2.24) is 5.32 Å². The van der Waals surface area contributed by atoms with E-state index in [2.05, 4.69) is 34.8 Å². The van der Waals surface area contributed by atoms with Gasteiger partial charge >= 0.3 is 5.97 Å². The summed E-state index contributed by atoms with van der Waals surface area (Å²) in [6, 6.07) is 15.6. The zero-order valence-electron chi connectivity index (χ0n) is 17.2. The van der Waals surface area contributed by atoms with Crippen LogP contribution >= 0.6 is 22.6 Å². The maximum absolute atomic E-state index is 12.8. The summed E-state index contributed by atoms with van der Waals surface area (Å²) in [5.41, 5.74) is 2.92. The van der Waals surface area contributed by atoms with Gasteiger partial charge in [-0.2, -0.15) is 0 Å². The molecule has 0 amide bonds. The normalized spacial score (nSPS) is 18.0. The number of hydrogen-bond acceptors (Lipinski definition) is 5. The summed E-state index contributed by atoms with van der Waals surface area (Å²) in [5.74, 6) is 1.31. The Labute approximate surface area is 189 Å². The van der Waals surface area contributed by atoms with Gasteiger partial charge < -0.3 is 19.5 Å². The molecule has 3 aromatic rings. The third kappa shape index (κ3) is 3.86. The molecule has 0 fully saturated rings. The first-order chi connectivity index (χ1) is 14.5. The van der Waals surface area contributed by atoms with Gasteiger partial charge in [0.15, 0.2) is 0 Å². The molecule has 5 nitrogen and oxygen atoms in total. The van der Waals surface area contributed by atoms with Crippen LogP contribution in [0.5, 0.6) is 11.5 Å². The van der Waals surface area contributed by atoms with Gasteiger partial charge in [0.25, 0.3) is 0 Å². The highest BCUT2D eigenvalue weighted by Gasteiger charge is 2.30. The average molecular weight is 517 g/mol. The van der Waals surface area contributed by atoms with Crippen molar-refractivity contribution in [1.29, 1.82) is 0 Å². The van der Waals surface area contributed by atoms with E-state index in [0.29, 0.717) is 12.2 Å². The van der Waals surface area contributed by atoms with Crippen molar-refractivity contribution < 1.29 is 19.0 Å². The molecular formula is C24H24INO4. The Morgan fingerprint density at radius 3 is 2.60 bits per heavy atom. The number of hydrogen-bond donors (Lipinski definition) is 1. The SMILES string of the molecule is COc1cc(OC)c2c(c1I)C[C@@H](COC(=O)c1cccc3ccccc13)N[C@@H]2C. The number of benzene rings is 3. The molecule has 0 saturated heterocycles. The highest BCUT2D eigenvalue weighted by atomic mass is 127. The Morgan fingerprint density at radius 1 is 1.10 bits per heavy atom. The van der Waals surface area contributed by atoms with Crippen LogP contribution in [0.2, 0.25) is 0 Å². The molecule has 0 saturated carbocycles. The van der Waals surface area contributed by atoms with Gasteiger partial charge in [0.05, 0.1) is 23.4 Å². The molecule has 30 heavy (non-hydrogen) atoms. The lowest BCUT2D eigenvalue weighted by molar-refractivity contribution is 0.0457. The molecule has 156 valence electrons. The summed E-state index contributed by atoms with van der Waals surface area (Å²) in [7, 11) is 3.34. The zero-order chi connectivity index (χ0) is 21.3. The molecule has 0 aromatic heterocycles. The van der Waals surface area contributed by atoms with E-state index in [4.69, 9.17) is 14.2 Å². The monoisotopic (exact) mass is 517 g/mol. The minimum absolute atomic E-state index is 0.0109.